The van der Waals surface area contributed by atoms with Gasteiger partial charge in [-0.05, 0) is 25.1 Å². The zero-order valence-corrected chi connectivity index (χ0v) is 10.2. The lowest BCUT2D eigenvalue weighted by molar-refractivity contribution is -0.137. The summed E-state index contributed by atoms with van der Waals surface area (Å²) in [5.74, 6) is 0.323. The van der Waals surface area contributed by atoms with Gasteiger partial charge in [-0.2, -0.15) is 13.2 Å². The van der Waals surface area contributed by atoms with Crippen molar-refractivity contribution in [3.63, 3.8) is 0 Å². The highest BCUT2D eigenvalue weighted by Crippen LogP contribution is 2.30. The zero-order valence-electron chi connectivity index (χ0n) is 10.2. The summed E-state index contributed by atoms with van der Waals surface area (Å²) in [5.41, 5.74) is -0.0601. The first-order chi connectivity index (χ1) is 7.90. The maximum atomic E-state index is 12.4. The van der Waals surface area contributed by atoms with Crippen LogP contribution in [-0.2, 0) is 6.18 Å². The number of hydrogen-bond donors (Lipinski definition) is 1. The summed E-state index contributed by atoms with van der Waals surface area (Å²) in [6, 6.07) is 2.51. The molecule has 0 bridgehead atoms. The highest BCUT2D eigenvalue weighted by molar-refractivity contribution is 5.19. The molecule has 1 aromatic heterocycles. The van der Waals surface area contributed by atoms with Crippen molar-refractivity contribution in [3.05, 3.63) is 29.6 Å². The quantitative estimate of drug-likeness (QED) is 0.880. The van der Waals surface area contributed by atoms with Crippen LogP contribution in [0.15, 0.2) is 18.3 Å². The SMILES string of the molecule is CCC(C)C(NC)c1ccc(C(F)(F)F)cn1. The van der Waals surface area contributed by atoms with Crippen molar-refractivity contribution in [1.82, 2.24) is 10.3 Å². The summed E-state index contributed by atoms with van der Waals surface area (Å²) in [5, 5.41) is 3.08. The Hall–Kier alpha value is -1.10. The molecule has 0 aromatic carbocycles. The summed E-state index contributed by atoms with van der Waals surface area (Å²) in [4.78, 5) is 3.90. The second kappa shape index (κ2) is 5.49. The number of pyridine rings is 1. The molecule has 0 amide bonds. The van der Waals surface area contributed by atoms with Gasteiger partial charge in [0.1, 0.15) is 0 Å². The Morgan fingerprint density at radius 1 is 1.35 bits per heavy atom. The first-order valence-corrected chi connectivity index (χ1v) is 5.60. The van der Waals surface area contributed by atoms with Gasteiger partial charge in [-0.25, -0.2) is 0 Å². The topological polar surface area (TPSA) is 24.9 Å². The van der Waals surface area contributed by atoms with Gasteiger partial charge in [0, 0.05) is 6.20 Å². The molecule has 2 unspecified atom stereocenters. The van der Waals surface area contributed by atoms with Crippen LogP contribution in [0.4, 0.5) is 13.2 Å². The molecule has 2 nitrogen and oxygen atoms in total. The Labute approximate surface area is 99.3 Å². The Morgan fingerprint density at radius 2 is 2.00 bits per heavy atom. The van der Waals surface area contributed by atoms with Crippen LogP contribution in [0.1, 0.15) is 37.6 Å². The van der Waals surface area contributed by atoms with E-state index in [2.05, 4.69) is 10.3 Å². The Balaban J connectivity index is 2.93. The number of nitrogens with one attached hydrogen (secondary N) is 1. The average Bonchev–Trinajstić information content (AvgIpc) is 2.29. The van der Waals surface area contributed by atoms with Gasteiger partial charge in [0.2, 0.25) is 0 Å². The summed E-state index contributed by atoms with van der Waals surface area (Å²) in [6.45, 7) is 4.08. The first-order valence-electron chi connectivity index (χ1n) is 5.60. The summed E-state index contributed by atoms with van der Waals surface area (Å²) >= 11 is 0. The molecule has 96 valence electrons. The van der Waals surface area contributed by atoms with E-state index in [0.717, 1.165) is 18.7 Å². The Bertz CT molecular complexity index is 346. The minimum Gasteiger partial charge on any atom is -0.311 e. The smallest absolute Gasteiger partial charge is 0.311 e. The van der Waals surface area contributed by atoms with Crippen molar-refractivity contribution < 1.29 is 13.2 Å². The van der Waals surface area contributed by atoms with Crippen LogP contribution >= 0.6 is 0 Å². The zero-order chi connectivity index (χ0) is 13.1. The third kappa shape index (κ3) is 3.43. The molecule has 17 heavy (non-hydrogen) atoms. The van der Waals surface area contributed by atoms with Crippen molar-refractivity contribution in [1.29, 1.82) is 0 Å². The molecule has 2 atom stereocenters. The molecule has 0 fully saturated rings. The van der Waals surface area contributed by atoms with Crippen LogP contribution in [0.25, 0.3) is 0 Å². The molecule has 0 saturated heterocycles. The molecule has 1 N–H and O–H groups in total. The largest absolute Gasteiger partial charge is 0.417 e. The molecule has 0 radical (unpaired) electrons. The van der Waals surface area contributed by atoms with Crippen molar-refractivity contribution in [2.75, 3.05) is 7.05 Å². The van der Waals surface area contributed by atoms with E-state index in [1.54, 1.807) is 7.05 Å². The molecule has 0 aliphatic rings. The number of alkyl halides is 3. The van der Waals surface area contributed by atoms with Crippen LogP contribution < -0.4 is 5.32 Å². The van der Waals surface area contributed by atoms with E-state index >= 15 is 0 Å². The maximum Gasteiger partial charge on any atom is 0.417 e. The molecular weight excluding hydrogens is 229 g/mol. The molecule has 0 aliphatic heterocycles. The second-order valence-electron chi connectivity index (χ2n) is 4.12. The van der Waals surface area contributed by atoms with E-state index in [-0.39, 0.29) is 6.04 Å². The van der Waals surface area contributed by atoms with E-state index in [9.17, 15) is 13.2 Å². The fourth-order valence-corrected chi connectivity index (χ4v) is 1.72. The van der Waals surface area contributed by atoms with Crippen LogP contribution in [0, 0.1) is 5.92 Å². The van der Waals surface area contributed by atoms with Crippen molar-refractivity contribution in [2.24, 2.45) is 5.92 Å². The molecule has 1 aromatic rings. The van der Waals surface area contributed by atoms with Crippen molar-refractivity contribution >= 4 is 0 Å². The lowest BCUT2D eigenvalue weighted by atomic mass is 9.96. The third-order valence-corrected chi connectivity index (χ3v) is 2.96. The van der Waals surface area contributed by atoms with Gasteiger partial charge < -0.3 is 5.32 Å². The van der Waals surface area contributed by atoms with Gasteiger partial charge in [0.25, 0.3) is 0 Å². The van der Waals surface area contributed by atoms with E-state index in [1.807, 2.05) is 13.8 Å². The molecule has 0 spiro atoms. The van der Waals surface area contributed by atoms with Gasteiger partial charge >= 0.3 is 6.18 Å². The second-order valence-corrected chi connectivity index (χ2v) is 4.12. The number of rotatable bonds is 4. The van der Waals surface area contributed by atoms with Crippen LogP contribution in [0.2, 0.25) is 0 Å². The van der Waals surface area contributed by atoms with E-state index in [0.29, 0.717) is 11.6 Å². The van der Waals surface area contributed by atoms with Gasteiger partial charge in [0.05, 0.1) is 17.3 Å². The monoisotopic (exact) mass is 246 g/mol. The standard InChI is InChI=1S/C12H17F3N2/c1-4-8(2)11(16-3)10-6-5-9(7-17-10)12(13,14)15/h5-8,11,16H,4H2,1-3H3. The minimum atomic E-state index is -4.32. The Kier molecular flexibility index (Phi) is 4.51. The fraction of sp³-hybridized carbons (Fsp3) is 0.583. The van der Waals surface area contributed by atoms with Crippen LogP contribution in [0.3, 0.4) is 0 Å². The van der Waals surface area contributed by atoms with Gasteiger partial charge in [-0.1, -0.05) is 20.3 Å². The molecule has 1 heterocycles. The third-order valence-electron chi connectivity index (χ3n) is 2.96. The predicted octanol–water partition coefficient (Wildman–Crippen LogP) is 3.41. The minimum absolute atomic E-state index is 0.0118. The summed E-state index contributed by atoms with van der Waals surface area (Å²) in [7, 11) is 1.79. The van der Waals surface area contributed by atoms with Gasteiger partial charge in [0.15, 0.2) is 0 Å². The summed E-state index contributed by atoms with van der Waals surface area (Å²) < 4.78 is 37.1. The first kappa shape index (κ1) is 14.0. The summed E-state index contributed by atoms with van der Waals surface area (Å²) in [6.07, 6.45) is -2.49. The average molecular weight is 246 g/mol. The fourth-order valence-electron chi connectivity index (χ4n) is 1.72. The van der Waals surface area contributed by atoms with Gasteiger partial charge in [-0.15, -0.1) is 0 Å². The number of nitrogens with zero attached hydrogens (tertiary/aromatic N) is 1. The maximum absolute atomic E-state index is 12.4. The lowest BCUT2D eigenvalue weighted by Crippen LogP contribution is -2.24. The molecule has 5 heteroatoms. The number of hydrogen-bond acceptors (Lipinski definition) is 2. The van der Waals surface area contributed by atoms with Gasteiger partial charge in [-0.3, -0.25) is 4.98 Å². The number of aromatic nitrogens is 1. The lowest BCUT2D eigenvalue weighted by Gasteiger charge is -2.22. The van der Waals surface area contributed by atoms with Crippen molar-refractivity contribution in [2.45, 2.75) is 32.5 Å². The number of halogens is 3. The van der Waals surface area contributed by atoms with E-state index in [1.165, 1.54) is 6.07 Å². The van der Waals surface area contributed by atoms with E-state index in [4.69, 9.17) is 0 Å². The molecular formula is C12H17F3N2. The van der Waals surface area contributed by atoms with Crippen molar-refractivity contribution in [3.8, 4) is 0 Å². The molecule has 1 rings (SSSR count). The van der Waals surface area contributed by atoms with Crippen LogP contribution in [0.5, 0.6) is 0 Å². The van der Waals surface area contributed by atoms with E-state index < -0.39 is 11.7 Å². The normalized spacial score (nSPS) is 15.6. The molecule has 0 aliphatic carbocycles. The predicted molar refractivity (Wildman–Crippen MR) is 60.5 cm³/mol. The highest BCUT2D eigenvalue weighted by Gasteiger charge is 2.31. The Morgan fingerprint density at radius 3 is 2.35 bits per heavy atom. The van der Waals surface area contributed by atoms with Crippen LogP contribution in [-0.4, -0.2) is 12.0 Å². The molecule has 0 saturated carbocycles. The highest BCUT2D eigenvalue weighted by atomic mass is 19.4.